The molecule has 0 aromatic heterocycles. The van der Waals surface area contributed by atoms with Crippen LogP contribution in [0.2, 0.25) is 0 Å². The van der Waals surface area contributed by atoms with Gasteiger partial charge >= 0.3 is 0 Å². The molecular weight excluding hydrogens is 198 g/mol. The van der Waals surface area contributed by atoms with E-state index in [0.717, 1.165) is 13.2 Å². The van der Waals surface area contributed by atoms with Gasteiger partial charge in [-0.1, -0.05) is 12.1 Å². The monoisotopic (exact) mass is 219 g/mol. The van der Waals surface area contributed by atoms with Crippen molar-refractivity contribution >= 4 is 5.69 Å². The summed E-state index contributed by atoms with van der Waals surface area (Å²) in [5, 5.41) is 3.45. The summed E-state index contributed by atoms with van der Waals surface area (Å²) in [6.45, 7) is 4.14. The molecule has 0 amide bonds. The SMILES string of the molecule is Cc1cccc(NCCCC2CCCO2)c1. The molecule has 1 aliphatic rings. The molecule has 1 aromatic rings. The third-order valence-corrected chi connectivity index (χ3v) is 3.07. The van der Waals surface area contributed by atoms with Crippen LogP contribution in [0.1, 0.15) is 31.2 Å². The fourth-order valence-electron chi connectivity index (χ4n) is 2.19. The second-order valence-electron chi connectivity index (χ2n) is 4.57. The topological polar surface area (TPSA) is 21.3 Å². The van der Waals surface area contributed by atoms with Crippen LogP contribution in [0.25, 0.3) is 0 Å². The molecule has 2 nitrogen and oxygen atoms in total. The lowest BCUT2D eigenvalue weighted by atomic mass is 10.1. The lowest BCUT2D eigenvalue weighted by Gasteiger charge is -2.10. The second-order valence-corrected chi connectivity index (χ2v) is 4.57. The molecule has 0 radical (unpaired) electrons. The van der Waals surface area contributed by atoms with Crippen molar-refractivity contribution in [3.05, 3.63) is 29.8 Å². The molecule has 1 N–H and O–H groups in total. The first-order chi connectivity index (χ1) is 7.84. The van der Waals surface area contributed by atoms with Crippen molar-refractivity contribution in [1.82, 2.24) is 0 Å². The minimum atomic E-state index is 0.527. The zero-order valence-corrected chi connectivity index (χ0v) is 10.0. The fraction of sp³-hybridized carbons (Fsp3) is 0.571. The van der Waals surface area contributed by atoms with Gasteiger partial charge in [0.1, 0.15) is 0 Å². The summed E-state index contributed by atoms with van der Waals surface area (Å²) in [6, 6.07) is 8.53. The van der Waals surface area contributed by atoms with Gasteiger partial charge in [0.25, 0.3) is 0 Å². The van der Waals surface area contributed by atoms with E-state index in [4.69, 9.17) is 4.74 Å². The first-order valence-electron chi connectivity index (χ1n) is 6.27. The molecular formula is C14H21NO. The minimum Gasteiger partial charge on any atom is -0.385 e. The lowest BCUT2D eigenvalue weighted by Crippen LogP contribution is -2.09. The molecule has 2 heteroatoms. The van der Waals surface area contributed by atoms with Gasteiger partial charge in [-0.05, 0) is 50.3 Å². The van der Waals surface area contributed by atoms with Crippen molar-refractivity contribution in [2.45, 2.75) is 38.7 Å². The summed E-state index contributed by atoms with van der Waals surface area (Å²) in [4.78, 5) is 0. The molecule has 88 valence electrons. The largest absolute Gasteiger partial charge is 0.385 e. The van der Waals surface area contributed by atoms with E-state index in [2.05, 4.69) is 36.5 Å². The molecule has 16 heavy (non-hydrogen) atoms. The van der Waals surface area contributed by atoms with Gasteiger partial charge in [-0.25, -0.2) is 0 Å². The van der Waals surface area contributed by atoms with Crippen LogP contribution in [0.3, 0.4) is 0 Å². The summed E-state index contributed by atoms with van der Waals surface area (Å²) in [5.41, 5.74) is 2.54. The van der Waals surface area contributed by atoms with E-state index in [9.17, 15) is 0 Å². The van der Waals surface area contributed by atoms with Crippen molar-refractivity contribution in [2.24, 2.45) is 0 Å². The Labute approximate surface area is 98.0 Å². The highest BCUT2D eigenvalue weighted by Gasteiger charge is 2.14. The molecule has 2 rings (SSSR count). The van der Waals surface area contributed by atoms with Gasteiger partial charge < -0.3 is 10.1 Å². The minimum absolute atomic E-state index is 0.527. The number of hydrogen-bond donors (Lipinski definition) is 1. The van der Waals surface area contributed by atoms with Crippen molar-refractivity contribution in [3.8, 4) is 0 Å². The van der Waals surface area contributed by atoms with Gasteiger partial charge in [-0.3, -0.25) is 0 Å². The van der Waals surface area contributed by atoms with Crippen molar-refractivity contribution in [3.63, 3.8) is 0 Å². The van der Waals surface area contributed by atoms with E-state index in [1.165, 1.54) is 36.9 Å². The maximum Gasteiger partial charge on any atom is 0.0576 e. The Hall–Kier alpha value is -1.02. The zero-order valence-electron chi connectivity index (χ0n) is 10.0. The lowest BCUT2D eigenvalue weighted by molar-refractivity contribution is 0.103. The third kappa shape index (κ3) is 3.53. The molecule has 0 bridgehead atoms. The third-order valence-electron chi connectivity index (χ3n) is 3.07. The molecule has 1 saturated heterocycles. The number of benzene rings is 1. The fourth-order valence-corrected chi connectivity index (χ4v) is 2.19. The van der Waals surface area contributed by atoms with Gasteiger partial charge in [-0.15, -0.1) is 0 Å². The van der Waals surface area contributed by atoms with Gasteiger partial charge in [0, 0.05) is 18.8 Å². The first kappa shape index (κ1) is 11.5. The van der Waals surface area contributed by atoms with E-state index in [0.29, 0.717) is 6.10 Å². The van der Waals surface area contributed by atoms with Crippen LogP contribution in [0.5, 0.6) is 0 Å². The molecule has 1 aliphatic heterocycles. The summed E-state index contributed by atoms with van der Waals surface area (Å²) in [5.74, 6) is 0. The normalized spacial score (nSPS) is 19.9. The van der Waals surface area contributed by atoms with Gasteiger partial charge in [0.05, 0.1) is 6.10 Å². The van der Waals surface area contributed by atoms with Crippen LogP contribution >= 0.6 is 0 Å². The summed E-state index contributed by atoms with van der Waals surface area (Å²) in [7, 11) is 0. The molecule has 0 aliphatic carbocycles. The van der Waals surface area contributed by atoms with Gasteiger partial charge in [-0.2, -0.15) is 0 Å². The predicted molar refractivity (Wildman–Crippen MR) is 67.9 cm³/mol. The maximum absolute atomic E-state index is 5.60. The molecule has 1 unspecified atom stereocenters. The number of aryl methyl sites for hydroxylation is 1. The molecule has 0 spiro atoms. The van der Waals surface area contributed by atoms with Crippen molar-refractivity contribution < 1.29 is 4.74 Å². The van der Waals surface area contributed by atoms with Gasteiger partial charge in [0.15, 0.2) is 0 Å². The standard InChI is InChI=1S/C14H21NO/c1-12-5-2-6-13(11-12)15-9-3-7-14-8-4-10-16-14/h2,5-6,11,14-15H,3-4,7-10H2,1H3. The zero-order chi connectivity index (χ0) is 11.2. The summed E-state index contributed by atoms with van der Waals surface area (Å²) >= 11 is 0. The Morgan fingerprint density at radius 2 is 2.38 bits per heavy atom. The molecule has 1 heterocycles. The van der Waals surface area contributed by atoms with Crippen LogP contribution in [0, 0.1) is 6.92 Å². The van der Waals surface area contributed by atoms with Crippen molar-refractivity contribution in [1.29, 1.82) is 0 Å². The first-order valence-corrected chi connectivity index (χ1v) is 6.27. The van der Waals surface area contributed by atoms with E-state index in [-0.39, 0.29) is 0 Å². The van der Waals surface area contributed by atoms with E-state index < -0.39 is 0 Å². The number of ether oxygens (including phenoxy) is 1. The quantitative estimate of drug-likeness (QED) is 0.767. The van der Waals surface area contributed by atoms with E-state index in [1.807, 2.05) is 0 Å². The number of rotatable bonds is 5. The predicted octanol–water partition coefficient (Wildman–Crippen LogP) is 3.37. The molecule has 1 atom stereocenters. The van der Waals surface area contributed by atoms with E-state index in [1.54, 1.807) is 0 Å². The highest BCUT2D eigenvalue weighted by Crippen LogP contribution is 2.17. The van der Waals surface area contributed by atoms with Crippen LogP contribution < -0.4 is 5.32 Å². The highest BCUT2D eigenvalue weighted by atomic mass is 16.5. The second kappa shape index (κ2) is 5.90. The smallest absolute Gasteiger partial charge is 0.0576 e. The Kier molecular flexibility index (Phi) is 4.23. The average Bonchev–Trinajstić information content (AvgIpc) is 2.77. The number of anilines is 1. The molecule has 1 aromatic carbocycles. The highest BCUT2D eigenvalue weighted by molar-refractivity contribution is 5.45. The number of hydrogen-bond acceptors (Lipinski definition) is 2. The Morgan fingerprint density at radius 1 is 1.44 bits per heavy atom. The molecule has 0 saturated carbocycles. The van der Waals surface area contributed by atoms with Crippen LogP contribution in [0.4, 0.5) is 5.69 Å². The van der Waals surface area contributed by atoms with Crippen molar-refractivity contribution in [2.75, 3.05) is 18.5 Å². The van der Waals surface area contributed by atoms with Gasteiger partial charge in [0.2, 0.25) is 0 Å². The van der Waals surface area contributed by atoms with Crippen LogP contribution in [-0.2, 0) is 4.74 Å². The van der Waals surface area contributed by atoms with E-state index >= 15 is 0 Å². The number of nitrogens with one attached hydrogen (secondary N) is 1. The summed E-state index contributed by atoms with van der Waals surface area (Å²) in [6.07, 6.45) is 5.41. The van der Waals surface area contributed by atoms with Crippen LogP contribution in [0.15, 0.2) is 24.3 Å². The Balaban J connectivity index is 1.64. The molecule has 1 fully saturated rings. The Bertz CT molecular complexity index is 318. The summed E-state index contributed by atoms with van der Waals surface area (Å²) < 4.78 is 5.60. The Morgan fingerprint density at radius 3 is 3.12 bits per heavy atom. The van der Waals surface area contributed by atoms with Crippen LogP contribution in [-0.4, -0.2) is 19.3 Å². The average molecular weight is 219 g/mol. The maximum atomic E-state index is 5.60.